The lowest BCUT2D eigenvalue weighted by Crippen LogP contribution is -2.05. The number of nitro groups is 1. The molecular formula is C14H10N2O4S. The summed E-state index contributed by atoms with van der Waals surface area (Å²) in [5.41, 5.74) is 0.708. The maximum absolute atomic E-state index is 12.2. The van der Waals surface area contributed by atoms with Crippen molar-refractivity contribution in [3.63, 3.8) is 0 Å². The minimum Gasteiger partial charge on any atom is -0.258 e. The number of sulfone groups is 1. The SMILES string of the molecule is N#Cc1cccc(CS(=O)(=O)c2ccc([N+](=O)[O-])cc2)c1. The molecule has 2 rings (SSSR count). The molecule has 0 heterocycles. The zero-order valence-electron chi connectivity index (χ0n) is 10.8. The molecule has 0 radical (unpaired) electrons. The Morgan fingerprint density at radius 1 is 1.14 bits per heavy atom. The Morgan fingerprint density at radius 3 is 2.38 bits per heavy atom. The van der Waals surface area contributed by atoms with Crippen LogP contribution in [0.15, 0.2) is 53.4 Å². The van der Waals surface area contributed by atoms with Gasteiger partial charge in [0.05, 0.1) is 27.2 Å². The van der Waals surface area contributed by atoms with Gasteiger partial charge in [-0.05, 0) is 29.8 Å². The zero-order valence-corrected chi connectivity index (χ0v) is 11.6. The second kappa shape index (κ2) is 5.73. The Hall–Kier alpha value is -2.72. The third-order valence-corrected chi connectivity index (χ3v) is 4.52. The lowest BCUT2D eigenvalue weighted by Gasteiger charge is -2.05. The third kappa shape index (κ3) is 3.43. The normalized spacial score (nSPS) is 10.8. The number of hydrogen-bond donors (Lipinski definition) is 0. The van der Waals surface area contributed by atoms with E-state index in [1.807, 2.05) is 6.07 Å². The number of benzene rings is 2. The summed E-state index contributed by atoms with van der Waals surface area (Å²) < 4.78 is 24.5. The van der Waals surface area contributed by atoms with Gasteiger partial charge in [-0.2, -0.15) is 5.26 Å². The molecule has 0 unspecified atom stereocenters. The molecule has 0 aliphatic carbocycles. The standard InChI is InChI=1S/C14H10N2O4S/c15-9-11-2-1-3-12(8-11)10-21(19,20)14-6-4-13(5-7-14)16(17)18/h1-8H,10H2. The molecular weight excluding hydrogens is 292 g/mol. The summed E-state index contributed by atoms with van der Waals surface area (Å²) in [6.07, 6.45) is 0. The first kappa shape index (κ1) is 14.7. The second-order valence-corrected chi connectivity index (χ2v) is 6.31. The number of nitro benzene ring substituents is 1. The van der Waals surface area contributed by atoms with Crippen LogP contribution in [-0.2, 0) is 15.6 Å². The molecule has 0 aliphatic heterocycles. The molecule has 21 heavy (non-hydrogen) atoms. The van der Waals surface area contributed by atoms with Crippen LogP contribution in [0.3, 0.4) is 0 Å². The third-order valence-electron chi connectivity index (χ3n) is 2.82. The van der Waals surface area contributed by atoms with Crippen LogP contribution in [-0.4, -0.2) is 13.3 Å². The van der Waals surface area contributed by atoms with E-state index in [4.69, 9.17) is 5.26 Å². The minimum atomic E-state index is -3.61. The van der Waals surface area contributed by atoms with E-state index >= 15 is 0 Å². The maximum Gasteiger partial charge on any atom is 0.269 e. The maximum atomic E-state index is 12.2. The molecule has 0 atom stereocenters. The molecule has 0 spiro atoms. The second-order valence-electron chi connectivity index (χ2n) is 4.32. The van der Waals surface area contributed by atoms with E-state index in [0.717, 1.165) is 12.1 Å². The molecule has 0 aliphatic rings. The largest absolute Gasteiger partial charge is 0.269 e. The monoisotopic (exact) mass is 302 g/mol. The highest BCUT2D eigenvalue weighted by Crippen LogP contribution is 2.20. The summed E-state index contributed by atoms with van der Waals surface area (Å²) in [6.45, 7) is 0. The average molecular weight is 302 g/mol. The van der Waals surface area contributed by atoms with Gasteiger partial charge in [0.25, 0.3) is 5.69 Å². The lowest BCUT2D eigenvalue weighted by atomic mass is 10.2. The molecule has 0 aromatic heterocycles. The quantitative estimate of drug-likeness (QED) is 0.637. The fraction of sp³-hybridized carbons (Fsp3) is 0.0714. The van der Waals surface area contributed by atoms with Gasteiger partial charge in [-0.1, -0.05) is 12.1 Å². The van der Waals surface area contributed by atoms with Gasteiger partial charge < -0.3 is 0 Å². The van der Waals surface area contributed by atoms with E-state index < -0.39 is 14.8 Å². The van der Waals surface area contributed by atoms with Gasteiger partial charge in [-0.15, -0.1) is 0 Å². The van der Waals surface area contributed by atoms with Gasteiger partial charge in [0.15, 0.2) is 9.84 Å². The summed E-state index contributed by atoms with van der Waals surface area (Å²) >= 11 is 0. The van der Waals surface area contributed by atoms with Crippen molar-refractivity contribution in [3.8, 4) is 6.07 Å². The summed E-state index contributed by atoms with van der Waals surface area (Å²) in [7, 11) is -3.61. The van der Waals surface area contributed by atoms with Crippen LogP contribution < -0.4 is 0 Å². The van der Waals surface area contributed by atoms with Gasteiger partial charge in [0, 0.05) is 12.1 Å². The first-order valence-corrected chi connectivity index (χ1v) is 7.54. The Morgan fingerprint density at radius 2 is 1.81 bits per heavy atom. The van der Waals surface area contributed by atoms with Gasteiger partial charge in [-0.25, -0.2) is 8.42 Å². The van der Waals surface area contributed by atoms with Crippen LogP contribution in [0.2, 0.25) is 0 Å². The van der Waals surface area contributed by atoms with E-state index in [2.05, 4.69) is 0 Å². The molecule has 2 aromatic rings. The summed E-state index contributed by atoms with van der Waals surface area (Å²) in [5, 5.41) is 19.3. The zero-order chi connectivity index (χ0) is 15.5. The summed E-state index contributed by atoms with van der Waals surface area (Å²) in [6, 6.07) is 13.0. The summed E-state index contributed by atoms with van der Waals surface area (Å²) in [5.74, 6) is -0.264. The Balaban J connectivity index is 2.29. The predicted molar refractivity (Wildman–Crippen MR) is 75.1 cm³/mol. The molecule has 0 amide bonds. The smallest absolute Gasteiger partial charge is 0.258 e. The highest BCUT2D eigenvalue weighted by Gasteiger charge is 2.17. The molecule has 0 bridgehead atoms. The van der Waals surface area contributed by atoms with Crippen LogP contribution >= 0.6 is 0 Å². The topological polar surface area (TPSA) is 101 Å². The van der Waals surface area contributed by atoms with Crippen LogP contribution in [0.5, 0.6) is 0 Å². The van der Waals surface area contributed by atoms with E-state index in [1.165, 1.54) is 18.2 Å². The molecule has 7 heteroatoms. The van der Waals surface area contributed by atoms with Crippen LogP contribution in [0.4, 0.5) is 5.69 Å². The van der Waals surface area contributed by atoms with Crippen molar-refractivity contribution in [3.05, 3.63) is 69.8 Å². The van der Waals surface area contributed by atoms with Gasteiger partial charge in [-0.3, -0.25) is 10.1 Å². The fourth-order valence-electron chi connectivity index (χ4n) is 1.81. The van der Waals surface area contributed by atoms with Gasteiger partial charge in [0.1, 0.15) is 0 Å². The van der Waals surface area contributed by atoms with E-state index in [1.54, 1.807) is 18.2 Å². The number of hydrogen-bond acceptors (Lipinski definition) is 5. The number of nitriles is 1. The molecule has 0 N–H and O–H groups in total. The van der Waals surface area contributed by atoms with Crippen molar-refractivity contribution in [2.45, 2.75) is 10.6 Å². The number of nitrogens with zero attached hydrogens (tertiary/aromatic N) is 2. The lowest BCUT2D eigenvalue weighted by molar-refractivity contribution is -0.384. The van der Waals surface area contributed by atoms with Crippen molar-refractivity contribution in [2.24, 2.45) is 0 Å². The molecule has 0 saturated carbocycles. The molecule has 106 valence electrons. The van der Waals surface area contributed by atoms with Crippen molar-refractivity contribution in [1.82, 2.24) is 0 Å². The van der Waals surface area contributed by atoms with Crippen LogP contribution in [0.1, 0.15) is 11.1 Å². The number of non-ortho nitro benzene ring substituents is 1. The predicted octanol–water partition coefficient (Wildman–Crippen LogP) is 2.44. The first-order valence-electron chi connectivity index (χ1n) is 5.88. The Kier molecular flexibility index (Phi) is 4.00. The number of rotatable bonds is 4. The molecule has 0 fully saturated rings. The van der Waals surface area contributed by atoms with E-state index in [-0.39, 0.29) is 16.3 Å². The van der Waals surface area contributed by atoms with Crippen molar-refractivity contribution in [2.75, 3.05) is 0 Å². The van der Waals surface area contributed by atoms with Crippen molar-refractivity contribution in [1.29, 1.82) is 5.26 Å². The van der Waals surface area contributed by atoms with Crippen molar-refractivity contribution < 1.29 is 13.3 Å². The molecule has 0 saturated heterocycles. The highest BCUT2D eigenvalue weighted by atomic mass is 32.2. The first-order chi connectivity index (χ1) is 9.92. The van der Waals surface area contributed by atoms with Gasteiger partial charge >= 0.3 is 0 Å². The van der Waals surface area contributed by atoms with E-state index in [9.17, 15) is 18.5 Å². The average Bonchev–Trinajstić information content (AvgIpc) is 2.47. The fourth-order valence-corrected chi connectivity index (χ4v) is 3.14. The molecule has 2 aromatic carbocycles. The van der Waals surface area contributed by atoms with E-state index in [0.29, 0.717) is 11.1 Å². The summed E-state index contributed by atoms with van der Waals surface area (Å²) in [4.78, 5) is 9.97. The van der Waals surface area contributed by atoms with Crippen molar-refractivity contribution >= 4 is 15.5 Å². The Bertz CT molecular complexity index is 821. The molecule has 6 nitrogen and oxygen atoms in total. The van der Waals surface area contributed by atoms with Crippen LogP contribution in [0.25, 0.3) is 0 Å². The van der Waals surface area contributed by atoms with Crippen LogP contribution in [0, 0.1) is 21.4 Å². The minimum absolute atomic E-state index is 0.00969. The Labute approximate surface area is 121 Å². The highest BCUT2D eigenvalue weighted by molar-refractivity contribution is 7.90. The van der Waals surface area contributed by atoms with Gasteiger partial charge in [0.2, 0.25) is 0 Å².